The molecule has 1 heterocycles. The molecule has 0 unspecified atom stereocenters. The van der Waals surface area contributed by atoms with E-state index in [9.17, 15) is 14.9 Å². The van der Waals surface area contributed by atoms with Crippen molar-refractivity contribution in [3.8, 4) is 11.8 Å². The van der Waals surface area contributed by atoms with Crippen molar-refractivity contribution in [1.29, 1.82) is 5.26 Å². The molecule has 0 radical (unpaired) electrons. The summed E-state index contributed by atoms with van der Waals surface area (Å²) >= 11 is 0. The zero-order chi connectivity index (χ0) is 20.1. The van der Waals surface area contributed by atoms with E-state index in [2.05, 4.69) is 11.4 Å². The minimum Gasteiger partial charge on any atom is -0.461 e. The number of benzene rings is 2. The summed E-state index contributed by atoms with van der Waals surface area (Å²) < 4.78 is 6.75. The first-order chi connectivity index (χ1) is 13.6. The van der Waals surface area contributed by atoms with Crippen LogP contribution in [0.25, 0.3) is 5.69 Å². The van der Waals surface area contributed by atoms with Gasteiger partial charge in [0.25, 0.3) is 5.91 Å². The van der Waals surface area contributed by atoms with E-state index in [-0.39, 0.29) is 29.6 Å². The largest absolute Gasteiger partial charge is 0.461 e. The van der Waals surface area contributed by atoms with Gasteiger partial charge in [0.05, 0.1) is 12.2 Å². The molecular formula is C22H19N3O3. The number of amides is 1. The Labute approximate surface area is 163 Å². The van der Waals surface area contributed by atoms with E-state index in [0.29, 0.717) is 16.8 Å². The van der Waals surface area contributed by atoms with Crippen molar-refractivity contribution in [2.24, 2.45) is 0 Å². The van der Waals surface area contributed by atoms with Crippen LogP contribution in [0.5, 0.6) is 0 Å². The standard InChI is InChI=1S/C22H19N3O3/c1-3-28-22(27)19-15(2)18(14-23)20(25(19)17-12-8-5-9-13-17)24-21(26)16-10-6-4-7-11-16/h4-13H,3H2,1-2H3,(H,24,26). The molecule has 1 aromatic heterocycles. The highest BCUT2D eigenvalue weighted by atomic mass is 16.5. The molecule has 0 aliphatic carbocycles. The predicted molar refractivity (Wildman–Crippen MR) is 106 cm³/mol. The predicted octanol–water partition coefficient (Wildman–Crippen LogP) is 4.09. The topological polar surface area (TPSA) is 84.1 Å². The van der Waals surface area contributed by atoms with Gasteiger partial charge in [-0.15, -0.1) is 0 Å². The van der Waals surface area contributed by atoms with Crippen LogP contribution < -0.4 is 5.32 Å². The Kier molecular flexibility index (Phi) is 5.56. The molecule has 0 aliphatic rings. The number of anilines is 1. The van der Waals surface area contributed by atoms with Crippen molar-refractivity contribution < 1.29 is 14.3 Å². The number of nitriles is 1. The lowest BCUT2D eigenvalue weighted by Gasteiger charge is -2.14. The third-order valence-electron chi connectivity index (χ3n) is 4.28. The van der Waals surface area contributed by atoms with Crippen molar-refractivity contribution in [3.05, 3.63) is 83.0 Å². The SMILES string of the molecule is CCOC(=O)c1c(C)c(C#N)c(NC(=O)c2ccccc2)n1-c1ccccc1. The molecule has 3 rings (SSSR count). The lowest BCUT2D eigenvalue weighted by Crippen LogP contribution is -2.18. The zero-order valence-corrected chi connectivity index (χ0v) is 15.6. The third-order valence-corrected chi connectivity index (χ3v) is 4.28. The fraction of sp³-hybridized carbons (Fsp3) is 0.136. The molecule has 2 aromatic carbocycles. The summed E-state index contributed by atoms with van der Waals surface area (Å²) in [6.07, 6.45) is 0. The van der Waals surface area contributed by atoms with E-state index in [1.165, 1.54) is 0 Å². The number of hydrogen-bond acceptors (Lipinski definition) is 4. The van der Waals surface area contributed by atoms with Crippen LogP contribution in [0.3, 0.4) is 0 Å². The molecule has 0 saturated heterocycles. The molecule has 28 heavy (non-hydrogen) atoms. The van der Waals surface area contributed by atoms with Crippen molar-refractivity contribution in [2.75, 3.05) is 11.9 Å². The summed E-state index contributed by atoms with van der Waals surface area (Å²) in [6, 6.07) is 19.8. The first kappa shape index (κ1) is 18.9. The molecule has 0 atom stereocenters. The molecule has 3 aromatic rings. The summed E-state index contributed by atoms with van der Waals surface area (Å²) in [5.41, 5.74) is 1.97. The van der Waals surface area contributed by atoms with Gasteiger partial charge in [-0.25, -0.2) is 4.79 Å². The maximum atomic E-state index is 12.7. The van der Waals surface area contributed by atoms with Gasteiger partial charge in [-0.2, -0.15) is 5.26 Å². The molecule has 1 N–H and O–H groups in total. The number of ether oxygens (including phenoxy) is 1. The maximum absolute atomic E-state index is 12.7. The highest BCUT2D eigenvalue weighted by molar-refractivity contribution is 6.06. The third kappa shape index (κ3) is 3.51. The molecule has 0 aliphatic heterocycles. The minimum atomic E-state index is -0.555. The summed E-state index contributed by atoms with van der Waals surface area (Å²) in [4.78, 5) is 25.4. The van der Waals surface area contributed by atoms with E-state index in [1.807, 2.05) is 24.3 Å². The molecular weight excluding hydrogens is 354 g/mol. The second kappa shape index (κ2) is 8.23. The number of hydrogen-bond donors (Lipinski definition) is 1. The highest BCUT2D eigenvalue weighted by Crippen LogP contribution is 2.31. The van der Waals surface area contributed by atoms with Gasteiger partial charge in [-0.3, -0.25) is 9.36 Å². The first-order valence-corrected chi connectivity index (χ1v) is 8.82. The van der Waals surface area contributed by atoms with Crippen molar-refractivity contribution in [1.82, 2.24) is 4.57 Å². The molecule has 6 nitrogen and oxygen atoms in total. The molecule has 0 spiro atoms. The average molecular weight is 373 g/mol. The molecule has 6 heteroatoms. The fourth-order valence-corrected chi connectivity index (χ4v) is 2.99. The number of nitrogens with one attached hydrogen (secondary N) is 1. The molecule has 0 fully saturated rings. The van der Waals surface area contributed by atoms with Crippen LogP contribution in [0.2, 0.25) is 0 Å². The molecule has 1 amide bonds. The van der Waals surface area contributed by atoms with Crippen LogP contribution in [0.1, 0.15) is 38.9 Å². The Morgan fingerprint density at radius 1 is 1.07 bits per heavy atom. The van der Waals surface area contributed by atoms with Crippen LogP contribution in [0.4, 0.5) is 5.82 Å². The van der Waals surface area contributed by atoms with Gasteiger partial charge in [0.15, 0.2) is 0 Å². The fourth-order valence-electron chi connectivity index (χ4n) is 2.99. The number of carbonyl (C=O) groups excluding carboxylic acids is 2. The highest BCUT2D eigenvalue weighted by Gasteiger charge is 2.28. The van der Waals surface area contributed by atoms with Crippen molar-refractivity contribution >= 4 is 17.7 Å². The lowest BCUT2D eigenvalue weighted by atomic mass is 10.1. The van der Waals surface area contributed by atoms with Gasteiger partial charge in [0.2, 0.25) is 0 Å². The van der Waals surface area contributed by atoms with Gasteiger partial charge < -0.3 is 10.1 Å². The summed E-state index contributed by atoms with van der Waals surface area (Å²) in [5.74, 6) is -0.689. The van der Waals surface area contributed by atoms with E-state index in [4.69, 9.17) is 4.74 Å². The minimum absolute atomic E-state index is 0.200. The first-order valence-electron chi connectivity index (χ1n) is 8.82. The normalized spacial score (nSPS) is 10.2. The van der Waals surface area contributed by atoms with Crippen LogP contribution in [-0.4, -0.2) is 23.1 Å². The second-order valence-electron chi connectivity index (χ2n) is 6.02. The molecule has 0 bridgehead atoms. The van der Waals surface area contributed by atoms with E-state index in [1.54, 1.807) is 54.8 Å². The number of nitrogens with zero attached hydrogens (tertiary/aromatic N) is 2. The lowest BCUT2D eigenvalue weighted by molar-refractivity contribution is 0.0516. The number of carbonyl (C=O) groups is 2. The Morgan fingerprint density at radius 2 is 1.68 bits per heavy atom. The van der Waals surface area contributed by atoms with Crippen LogP contribution in [0, 0.1) is 18.3 Å². The quantitative estimate of drug-likeness (QED) is 0.683. The van der Waals surface area contributed by atoms with Gasteiger partial charge in [-0.1, -0.05) is 36.4 Å². The summed E-state index contributed by atoms with van der Waals surface area (Å²) in [7, 11) is 0. The smallest absolute Gasteiger partial charge is 0.355 e. The Hall–Kier alpha value is -3.85. The average Bonchev–Trinajstić information content (AvgIpc) is 3.00. The van der Waals surface area contributed by atoms with E-state index in [0.717, 1.165) is 0 Å². The van der Waals surface area contributed by atoms with Gasteiger partial charge in [0, 0.05) is 16.8 Å². The van der Waals surface area contributed by atoms with E-state index >= 15 is 0 Å². The van der Waals surface area contributed by atoms with Crippen LogP contribution in [0.15, 0.2) is 60.7 Å². The second-order valence-corrected chi connectivity index (χ2v) is 6.02. The Bertz CT molecular complexity index is 1050. The number of rotatable bonds is 5. The Balaban J connectivity index is 2.20. The summed E-state index contributed by atoms with van der Waals surface area (Å²) in [6.45, 7) is 3.58. The van der Waals surface area contributed by atoms with Gasteiger partial charge in [-0.05, 0) is 38.1 Å². The zero-order valence-electron chi connectivity index (χ0n) is 15.6. The molecule has 0 saturated carbocycles. The summed E-state index contributed by atoms with van der Waals surface area (Å²) in [5, 5.41) is 12.5. The number of aromatic nitrogens is 1. The maximum Gasteiger partial charge on any atom is 0.355 e. The van der Waals surface area contributed by atoms with Crippen LogP contribution in [-0.2, 0) is 4.74 Å². The van der Waals surface area contributed by atoms with Crippen LogP contribution >= 0.6 is 0 Å². The van der Waals surface area contributed by atoms with Crippen molar-refractivity contribution in [3.63, 3.8) is 0 Å². The van der Waals surface area contributed by atoms with Gasteiger partial charge in [0.1, 0.15) is 17.6 Å². The Morgan fingerprint density at radius 3 is 2.25 bits per heavy atom. The molecule has 140 valence electrons. The van der Waals surface area contributed by atoms with Gasteiger partial charge >= 0.3 is 5.97 Å². The van der Waals surface area contributed by atoms with Crippen molar-refractivity contribution in [2.45, 2.75) is 13.8 Å². The monoisotopic (exact) mass is 373 g/mol. The number of esters is 1. The van der Waals surface area contributed by atoms with E-state index < -0.39 is 5.97 Å². The number of para-hydroxylation sites is 1.